The third kappa shape index (κ3) is 2.10. The summed E-state index contributed by atoms with van der Waals surface area (Å²) >= 11 is 6.05. The lowest BCUT2D eigenvalue weighted by molar-refractivity contribution is 0.206. The van der Waals surface area contributed by atoms with Gasteiger partial charge in [0.05, 0.1) is 16.9 Å². The molecule has 1 unspecified atom stereocenters. The Labute approximate surface area is 105 Å². The summed E-state index contributed by atoms with van der Waals surface area (Å²) in [7, 11) is 0. The van der Waals surface area contributed by atoms with Crippen LogP contribution in [-0.2, 0) is 6.54 Å². The zero-order chi connectivity index (χ0) is 12.6. The van der Waals surface area contributed by atoms with Gasteiger partial charge >= 0.3 is 0 Å². The third-order valence-corrected chi connectivity index (χ3v) is 3.06. The number of aliphatic hydroxyl groups is 1. The fraction of sp³-hybridized carbons (Fsp3) is 0.417. The van der Waals surface area contributed by atoms with Crippen molar-refractivity contribution >= 4 is 11.6 Å². The maximum atomic E-state index is 10.4. The van der Waals surface area contributed by atoms with Crippen LogP contribution in [0.3, 0.4) is 0 Å². The summed E-state index contributed by atoms with van der Waals surface area (Å²) in [5.41, 5.74) is 1.35. The van der Waals surface area contributed by atoms with Gasteiger partial charge in [0.1, 0.15) is 17.6 Å². The second kappa shape index (κ2) is 4.55. The van der Waals surface area contributed by atoms with Gasteiger partial charge in [-0.3, -0.25) is 4.68 Å². The normalized spacial score (nSPS) is 13.0. The molecule has 2 aromatic rings. The van der Waals surface area contributed by atoms with Crippen LogP contribution < -0.4 is 0 Å². The smallest absolute Gasteiger partial charge is 0.126 e. The average Bonchev–Trinajstić information content (AvgIpc) is 2.80. The first-order chi connectivity index (χ1) is 8.04. The van der Waals surface area contributed by atoms with Crippen LogP contribution in [0.15, 0.2) is 16.7 Å². The predicted octanol–water partition coefficient (Wildman–Crippen LogP) is 2.85. The molecule has 2 aromatic heterocycles. The van der Waals surface area contributed by atoms with Crippen LogP contribution in [0.1, 0.15) is 35.8 Å². The molecule has 0 aliphatic heterocycles. The topological polar surface area (TPSA) is 51.2 Å². The molecule has 2 heterocycles. The fourth-order valence-corrected chi connectivity index (χ4v) is 2.21. The van der Waals surface area contributed by atoms with Gasteiger partial charge in [-0.05, 0) is 26.8 Å². The van der Waals surface area contributed by atoms with Crippen LogP contribution in [0.25, 0.3) is 0 Å². The van der Waals surface area contributed by atoms with Gasteiger partial charge in [0.2, 0.25) is 0 Å². The predicted molar refractivity (Wildman–Crippen MR) is 65.2 cm³/mol. The Morgan fingerprint density at radius 3 is 2.76 bits per heavy atom. The summed E-state index contributed by atoms with van der Waals surface area (Å²) in [6, 6.07) is 1.82. The van der Waals surface area contributed by atoms with Gasteiger partial charge in [0.15, 0.2) is 0 Å². The first-order valence-electron chi connectivity index (χ1n) is 5.50. The molecular weight excluding hydrogens is 240 g/mol. The van der Waals surface area contributed by atoms with Gasteiger partial charge in [-0.15, -0.1) is 0 Å². The molecule has 1 atom stereocenters. The summed E-state index contributed by atoms with van der Waals surface area (Å²) < 4.78 is 7.10. The molecule has 0 bridgehead atoms. The zero-order valence-electron chi connectivity index (χ0n) is 10.1. The first-order valence-corrected chi connectivity index (χ1v) is 5.88. The van der Waals surface area contributed by atoms with E-state index in [2.05, 4.69) is 5.10 Å². The van der Waals surface area contributed by atoms with E-state index in [-0.39, 0.29) is 0 Å². The van der Waals surface area contributed by atoms with Crippen molar-refractivity contribution in [3.63, 3.8) is 0 Å². The molecule has 0 saturated heterocycles. The fourth-order valence-electron chi connectivity index (χ4n) is 1.97. The summed E-state index contributed by atoms with van der Waals surface area (Å²) in [5.74, 6) is 1.48. The van der Waals surface area contributed by atoms with Crippen molar-refractivity contribution in [2.45, 2.75) is 33.4 Å². The monoisotopic (exact) mass is 254 g/mol. The minimum atomic E-state index is -0.803. The van der Waals surface area contributed by atoms with Crippen LogP contribution in [0.4, 0.5) is 0 Å². The lowest BCUT2D eigenvalue weighted by Crippen LogP contribution is -2.09. The Balaban J connectivity index is 2.46. The Morgan fingerprint density at radius 1 is 1.53 bits per heavy atom. The van der Waals surface area contributed by atoms with E-state index in [0.717, 1.165) is 11.3 Å². The van der Waals surface area contributed by atoms with E-state index < -0.39 is 6.10 Å². The second-order valence-corrected chi connectivity index (χ2v) is 4.37. The molecule has 0 amide bonds. The quantitative estimate of drug-likeness (QED) is 0.916. The molecule has 92 valence electrons. The molecule has 0 spiro atoms. The maximum absolute atomic E-state index is 10.4. The molecule has 0 fully saturated rings. The number of nitrogens with zero attached hydrogens (tertiary/aromatic N) is 2. The molecule has 4 nitrogen and oxygen atoms in total. The van der Waals surface area contributed by atoms with E-state index in [1.807, 2.05) is 26.8 Å². The number of furan rings is 1. The SMILES string of the molecule is CCn1ncc(Cl)c1C(O)c1cc(C)oc1C. The number of hydrogen-bond donors (Lipinski definition) is 1. The van der Waals surface area contributed by atoms with E-state index in [4.69, 9.17) is 16.0 Å². The van der Waals surface area contributed by atoms with E-state index >= 15 is 0 Å². The zero-order valence-corrected chi connectivity index (χ0v) is 10.8. The highest BCUT2D eigenvalue weighted by atomic mass is 35.5. The van der Waals surface area contributed by atoms with Crippen molar-refractivity contribution in [1.29, 1.82) is 0 Å². The molecule has 0 aromatic carbocycles. The second-order valence-electron chi connectivity index (χ2n) is 3.96. The summed E-state index contributed by atoms with van der Waals surface area (Å²) in [5, 5.41) is 14.9. The summed E-state index contributed by atoms with van der Waals surface area (Å²) in [6.07, 6.45) is 0.744. The van der Waals surface area contributed by atoms with Crippen LogP contribution in [0.5, 0.6) is 0 Å². The maximum Gasteiger partial charge on any atom is 0.126 e. The molecule has 1 N–H and O–H groups in total. The van der Waals surface area contributed by atoms with E-state index in [1.165, 1.54) is 0 Å². The molecule has 2 rings (SSSR count). The molecule has 0 saturated carbocycles. The Bertz CT molecular complexity index is 531. The molecular formula is C12H15ClN2O2. The minimum Gasteiger partial charge on any atom is -0.466 e. The van der Waals surface area contributed by atoms with Gasteiger partial charge < -0.3 is 9.52 Å². The van der Waals surface area contributed by atoms with Crippen LogP contribution in [0, 0.1) is 13.8 Å². The lowest BCUT2D eigenvalue weighted by Gasteiger charge is -2.12. The van der Waals surface area contributed by atoms with Gasteiger partial charge in [-0.2, -0.15) is 5.10 Å². The van der Waals surface area contributed by atoms with Crippen molar-refractivity contribution in [1.82, 2.24) is 9.78 Å². The van der Waals surface area contributed by atoms with Crippen molar-refractivity contribution in [2.75, 3.05) is 0 Å². The number of hydrogen-bond acceptors (Lipinski definition) is 3. The highest BCUT2D eigenvalue weighted by Gasteiger charge is 2.22. The van der Waals surface area contributed by atoms with Crippen molar-refractivity contribution in [2.24, 2.45) is 0 Å². The Kier molecular flexibility index (Phi) is 3.26. The van der Waals surface area contributed by atoms with Crippen molar-refractivity contribution < 1.29 is 9.52 Å². The highest BCUT2D eigenvalue weighted by Crippen LogP contribution is 2.31. The standard InChI is InChI=1S/C12H15ClN2O2/c1-4-15-11(10(13)6-14-15)12(16)9-5-7(2)17-8(9)3/h5-6,12,16H,4H2,1-3H3. The Hall–Kier alpha value is -1.26. The molecule has 17 heavy (non-hydrogen) atoms. The van der Waals surface area contributed by atoms with Crippen molar-refractivity contribution in [3.8, 4) is 0 Å². The Morgan fingerprint density at radius 2 is 2.24 bits per heavy atom. The number of aliphatic hydroxyl groups excluding tert-OH is 1. The lowest BCUT2D eigenvalue weighted by atomic mass is 10.1. The van der Waals surface area contributed by atoms with Crippen LogP contribution in [-0.4, -0.2) is 14.9 Å². The van der Waals surface area contributed by atoms with Gasteiger partial charge in [-0.1, -0.05) is 11.6 Å². The average molecular weight is 255 g/mol. The molecule has 0 aliphatic rings. The third-order valence-electron chi connectivity index (χ3n) is 2.77. The van der Waals surface area contributed by atoms with Gasteiger partial charge in [0, 0.05) is 12.1 Å². The van der Waals surface area contributed by atoms with E-state index in [0.29, 0.717) is 23.0 Å². The molecule has 0 aliphatic carbocycles. The van der Waals surface area contributed by atoms with Crippen LogP contribution in [0.2, 0.25) is 5.02 Å². The number of rotatable bonds is 3. The van der Waals surface area contributed by atoms with Crippen molar-refractivity contribution in [3.05, 3.63) is 40.1 Å². The minimum absolute atomic E-state index is 0.470. The van der Waals surface area contributed by atoms with E-state index in [1.54, 1.807) is 10.9 Å². The number of aromatic nitrogens is 2. The van der Waals surface area contributed by atoms with E-state index in [9.17, 15) is 5.11 Å². The molecule has 5 heteroatoms. The van der Waals surface area contributed by atoms with Gasteiger partial charge in [0.25, 0.3) is 0 Å². The van der Waals surface area contributed by atoms with Crippen LogP contribution >= 0.6 is 11.6 Å². The highest BCUT2D eigenvalue weighted by molar-refractivity contribution is 6.31. The number of halogens is 1. The summed E-state index contributed by atoms with van der Waals surface area (Å²) in [4.78, 5) is 0. The first kappa shape index (κ1) is 12.2. The summed E-state index contributed by atoms with van der Waals surface area (Å²) in [6.45, 7) is 6.29. The molecule has 0 radical (unpaired) electrons. The van der Waals surface area contributed by atoms with Gasteiger partial charge in [-0.25, -0.2) is 0 Å². The number of aryl methyl sites for hydroxylation is 3. The largest absolute Gasteiger partial charge is 0.466 e.